The van der Waals surface area contributed by atoms with Gasteiger partial charge in [0.2, 0.25) is 0 Å². The molecule has 2 aromatic rings. The average molecular weight is 326 g/mol. The van der Waals surface area contributed by atoms with Gasteiger partial charge in [0, 0.05) is 16.5 Å². The van der Waals surface area contributed by atoms with Crippen molar-refractivity contribution in [3.63, 3.8) is 0 Å². The molecule has 1 unspecified atom stereocenters. The van der Waals surface area contributed by atoms with E-state index in [1.807, 2.05) is 18.2 Å². The molecular weight excluding hydrogens is 302 g/mol. The van der Waals surface area contributed by atoms with Crippen molar-refractivity contribution in [2.75, 3.05) is 25.0 Å². The van der Waals surface area contributed by atoms with Crippen LogP contribution < -0.4 is 5.32 Å². The lowest BCUT2D eigenvalue weighted by molar-refractivity contribution is 0.295. The molecule has 1 aromatic heterocycles. The predicted molar refractivity (Wildman–Crippen MR) is 94.7 cm³/mol. The Balaban J connectivity index is 1.89. The van der Waals surface area contributed by atoms with Crippen LogP contribution in [0.5, 0.6) is 0 Å². The summed E-state index contributed by atoms with van der Waals surface area (Å²) in [4.78, 5) is 2.46. The van der Waals surface area contributed by atoms with E-state index >= 15 is 0 Å². The lowest BCUT2D eigenvalue weighted by Crippen LogP contribution is -2.25. The fraction of sp³-hybridized carbons (Fsp3) is 0.562. The number of aromatic nitrogens is 1. The van der Waals surface area contributed by atoms with E-state index in [9.17, 15) is 0 Å². The first-order valence-electron chi connectivity index (χ1n) is 7.67. The molecule has 21 heavy (non-hydrogen) atoms. The number of fused-ring (bicyclic) bond motifs is 1. The molecule has 1 N–H and O–H groups in total. The number of hydrogen-bond acceptors (Lipinski definition) is 4. The SMILES string of the molecule is CCN(CC)CCCC(C)Nc1nsc2ccc(Cl)cc12. The fourth-order valence-corrected chi connectivity index (χ4v) is 3.38. The van der Waals surface area contributed by atoms with Crippen LogP contribution in [0.3, 0.4) is 0 Å². The van der Waals surface area contributed by atoms with Crippen molar-refractivity contribution < 1.29 is 0 Å². The standard InChI is InChI=1S/C16H24ClN3S/c1-4-20(5-2)10-6-7-12(3)18-16-14-11-13(17)8-9-15(14)21-19-16/h8-9,11-12H,4-7,10H2,1-3H3,(H,18,19). The van der Waals surface area contributed by atoms with Gasteiger partial charge in [-0.2, -0.15) is 4.37 Å². The summed E-state index contributed by atoms with van der Waals surface area (Å²) in [6.45, 7) is 10.1. The Labute approximate surface area is 136 Å². The molecule has 0 aliphatic rings. The minimum absolute atomic E-state index is 0.421. The Morgan fingerprint density at radius 3 is 2.81 bits per heavy atom. The van der Waals surface area contributed by atoms with Gasteiger partial charge in [-0.1, -0.05) is 25.4 Å². The molecule has 1 aromatic carbocycles. The van der Waals surface area contributed by atoms with Crippen molar-refractivity contribution in [3.05, 3.63) is 23.2 Å². The maximum absolute atomic E-state index is 6.08. The van der Waals surface area contributed by atoms with Crippen LogP contribution in [-0.2, 0) is 0 Å². The molecule has 0 spiro atoms. The second kappa shape index (κ2) is 7.97. The lowest BCUT2D eigenvalue weighted by Gasteiger charge is -2.19. The number of halogens is 1. The highest BCUT2D eigenvalue weighted by Crippen LogP contribution is 2.29. The first-order valence-corrected chi connectivity index (χ1v) is 8.83. The molecule has 0 saturated heterocycles. The van der Waals surface area contributed by atoms with Gasteiger partial charge in [0.15, 0.2) is 0 Å². The summed E-state index contributed by atoms with van der Waals surface area (Å²) >= 11 is 7.60. The third-order valence-corrected chi connectivity index (χ3v) is 4.88. The largest absolute Gasteiger partial charge is 0.366 e. The normalized spacial score (nSPS) is 13.0. The summed E-state index contributed by atoms with van der Waals surface area (Å²) < 4.78 is 5.69. The third-order valence-electron chi connectivity index (χ3n) is 3.82. The van der Waals surface area contributed by atoms with Gasteiger partial charge in [0.05, 0.1) is 4.70 Å². The topological polar surface area (TPSA) is 28.2 Å². The molecule has 1 atom stereocenters. The predicted octanol–water partition coefficient (Wildman–Crippen LogP) is 4.87. The van der Waals surface area contributed by atoms with Gasteiger partial charge in [-0.05, 0) is 69.1 Å². The summed E-state index contributed by atoms with van der Waals surface area (Å²) in [5.41, 5.74) is 0. The zero-order valence-corrected chi connectivity index (χ0v) is 14.6. The summed E-state index contributed by atoms with van der Waals surface area (Å²) in [5, 5.41) is 5.42. The van der Waals surface area contributed by atoms with Gasteiger partial charge in [0.25, 0.3) is 0 Å². The quantitative estimate of drug-likeness (QED) is 0.750. The monoisotopic (exact) mass is 325 g/mol. The van der Waals surface area contributed by atoms with Crippen molar-refractivity contribution in [2.45, 2.75) is 39.7 Å². The second-order valence-corrected chi connectivity index (χ2v) is 6.63. The zero-order valence-electron chi connectivity index (χ0n) is 13.0. The van der Waals surface area contributed by atoms with E-state index in [-0.39, 0.29) is 0 Å². The maximum Gasteiger partial charge on any atom is 0.147 e. The average Bonchev–Trinajstić information content (AvgIpc) is 2.86. The molecule has 1 heterocycles. The second-order valence-electron chi connectivity index (χ2n) is 5.39. The Kier molecular flexibility index (Phi) is 6.27. The molecule has 2 rings (SSSR count). The highest BCUT2D eigenvalue weighted by Gasteiger charge is 2.10. The Hall–Kier alpha value is -0.840. The van der Waals surface area contributed by atoms with Gasteiger partial charge in [-0.3, -0.25) is 0 Å². The number of nitrogens with one attached hydrogen (secondary N) is 1. The van der Waals surface area contributed by atoms with Gasteiger partial charge in [-0.25, -0.2) is 0 Å². The van der Waals surface area contributed by atoms with Crippen LogP contribution in [0.25, 0.3) is 10.1 Å². The van der Waals surface area contributed by atoms with Crippen molar-refractivity contribution in [2.24, 2.45) is 0 Å². The van der Waals surface area contributed by atoms with Crippen molar-refractivity contribution in [3.8, 4) is 0 Å². The number of hydrogen-bond donors (Lipinski definition) is 1. The summed E-state index contributed by atoms with van der Waals surface area (Å²) in [7, 11) is 0. The Morgan fingerprint density at radius 2 is 2.10 bits per heavy atom. The third kappa shape index (κ3) is 4.56. The van der Waals surface area contributed by atoms with E-state index in [2.05, 4.69) is 35.4 Å². The molecule has 5 heteroatoms. The van der Waals surface area contributed by atoms with Crippen LogP contribution in [0.2, 0.25) is 5.02 Å². The minimum Gasteiger partial charge on any atom is -0.366 e. The highest BCUT2D eigenvalue weighted by atomic mass is 35.5. The first kappa shape index (κ1) is 16.5. The fourth-order valence-electron chi connectivity index (χ4n) is 2.48. The molecule has 116 valence electrons. The maximum atomic E-state index is 6.08. The molecular formula is C16H24ClN3S. The molecule has 0 amide bonds. The summed E-state index contributed by atoms with van der Waals surface area (Å²) in [6, 6.07) is 6.36. The molecule has 0 bridgehead atoms. The van der Waals surface area contributed by atoms with E-state index in [0.717, 1.165) is 35.7 Å². The van der Waals surface area contributed by atoms with Gasteiger partial charge in [-0.15, -0.1) is 0 Å². The minimum atomic E-state index is 0.421. The van der Waals surface area contributed by atoms with Gasteiger partial charge >= 0.3 is 0 Å². The smallest absolute Gasteiger partial charge is 0.147 e. The molecule has 3 nitrogen and oxygen atoms in total. The van der Waals surface area contributed by atoms with Crippen LogP contribution in [-0.4, -0.2) is 34.9 Å². The summed E-state index contributed by atoms with van der Waals surface area (Å²) in [6.07, 6.45) is 2.36. The molecule has 0 radical (unpaired) electrons. The van der Waals surface area contributed by atoms with Crippen LogP contribution in [0.15, 0.2) is 18.2 Å². The van der Waals surface area contributed by atoms with E-state index in [4.69, 9.17) is 11.6 Å². The molecule has 0 aliphatic heterocycles. The highest BCUT2D eigenvalue weighted by molar-refractivity contribution is 7.13. The molecule has 0 aliphatic carbocycles. The molecule has 0 saturated carbocycles. The van der Waals surface area contributed by atoms with E-state index < -0.39 is 0 Å². The molecule has 0 fully saturated rings. The van der Waals surface area contributed by atoms with Crippen LogP contribution in [0.4, 0.5) is 5.82 Å². The van der Waals surface area contributed by atoms with Crippen molar-refractivity contribution >= 4 is 39.0 Å². The Bertz CT molecular complexity index is 566. The number of rotatable bonds is 8. The van der Waals surface area contributed by atoms with E-state index in [1.165, 1.54) is 29.2 Å². The van der Waals surface area contributed by atoms with Crippen LogP contribution in [0.1, 0.15) is 33.6 Å². The van der Waals surface area contributed by atoms with Gasteiger partial charge in [0.1, 0.15) is 5.82 Å². The Morgan fingerprint density at radius 1 is 1.33 bits per heavy atom. The number of nitrogens with zero attached hydrogens (tertiary/aromatic N) is 2. The van der Waals surface area contributed by atoms with Crippen LogP contribution in [0, 0.1) is 0 Å². The van der Waals surface area contributed by atoms with E-state index in [0.29, 0.717) is 6.04 Å². The van der Waals surface area contributed by atoms with Crippen molar-refractivity contribution in [1.82, 2.24) is 9.27 Å². The zero-order chi connectivity index (χ0) is 15.2. The number of anilines is 1. The van der Waals surface area contributed by atoms with Crippen molar-refractivity contribution in [1.29, 1.82) is 0 Å². The lowest BCUT2D eigenvalue weighted by atomic mass is 10.1. The number of benzene rings is 1. The van der Waals surface area contributed by atoms with Crippen LogP contribution >= 0.6 is 23.1 Å². The van der Waals surface area contributed by atoms with Gasteiger partial charge < -0.3 is 10.2 Å². The first-order chi connectivity index (χ1) is 10.1. The van der Waals surface area contributed by atoms with E-state index in [1.54, 1.807) is 0 Å². The summed E-state index contributed by atoms with van der Waals surface area (Å²) in [5.74, 6) is 0.966.